The molecule has 9 heavy (non-hydrogen) atoms. The molecule has 52 valence electrons. The van der Waals surface area contributed by atoms with Crippen LogP contribution in [-0.2, 0) is 0 Å². The maximum absolute atomic E-state index is 5.02. The van der Waals surface area contributed by atoms with Gasteiger partial charge in [-0.3, -0.25) is 4.70 Å². The van der Waals surface area contributed by atoms with E-state index in [9.17, 15) is 0 Å². The van der Waals surface area contributed by atoms with Crippen LogP contribution in [0.1, 0.15) is 0 Å². The van der Waals surface area contributed by atoms with Crippen LogP contribution in [0.25, 0.3) is 0 Å². The molecule has 0 aromatic carbocycles. The molecule has 0 radical (unpaired) electrons. The molecule has 1 aromatic heterocycles. The van der Waals surface area contributed by atoms with Crippen molar-refractivity contribution >= 4 is 5.88 Å². The quantitative estimate of drug-likeness (QED) is 0.574. The van der Waals surface area contributed by atoms with Crippen LogP contribution in [0.3, 0.4) is 0 Å². The van der Waals surface area contributed by atoms with Crippen molar-refractivity contribution in [3.8, 4) is 0 Å². The summed E-state index contributed by atoms with van der Waals surface area (Å²) in [6.07, 6.45) is 1.66. The summed E-state index contributed by atoms with van der Waals surface area (Å²) >= 11 is 0. The molecule has 0 atom stereocenters. The summed E-state index contributed by atoms with van der Waals surface area (Å²) in [6.45, 7) is 0. The predicted molar refractivity (Wildman–Crippen MR) is 35.5 cm³/mol. The van der Waals surface area contributed by atoms with Gasteiger partial charge in [0.2, 0.25) is 0 Å². The molecule has 0 amide bonds. The molecule has 0 saturated carbocycles. The van der Waals surface area contributed by atoms with Crippen molar-refractivity contribution in [3.05, 3.63) is 18.4 Å². The molecule has 0 unspecified atom stereocenters. The third-order valence-electron chi connectivity index (χ3n) is 0.947. The maximum atomic E-state index is 5.02. The normalized spacial score (nSPS) is 8.22. The van der Waals surface area contributed by atoms with E-state index in [1.807, 2.05) is 31.1 Å². The van der Waals surface area contributed by atoms with Crippen LogP contribution in [0.5, 0.6) is 0 Å². The Morgan fingerprint density at radius 2 is 2.11 bits per heavy atom. The van der Waals surface area contributed by atoms with Gasteiger partial charge in [-0.15, -0.1) is 0 Å². The zero-order valence-electron chi connectivity index (χ0n) is 5.50. The third kappa shape index (κ3) is 1.76. The summed E-state index contributed by atoms with van der Waals surface area (Å²) in [6, 6.07) is 3.79. The van der Waals surface area contributed by atoms with Gasteiger partial charge in [0.05, 0.1) is 6.26 Å². The Bertz CT molecular complexity index is 148. The van der Waals surface area contributed by atoms with Crippen LogP contribution in [0.4, 0.5) is 10.6 Å². The van der Waals surface area contributed by atoms with Crippen molar-refractivity contribution in [2.45, 2.75) is 0 Å². The Hall–Kier alpha value is -0.990. The number of hydrogen-bond acceptors (Lipinski definition) is 2. The highest BCUT2D eigenvalue weighted by Crippen LogP contribution is 2.08. The van der Waals surface area contributed by atoms with Crippen molar-refractivity contribution < 1.29 is 9.12 Å². The SMILES string of the molecule is CN(C)c1ccco1.F. The second-order valence-electron chi connectivity index (χ2n) is 1.85. The summed E-state index contributed by atoms with van der Waals surface area (Å²) in [5.41, 5.74) is 0. The molecule has 3 heteroatoms. The van der Waals surface area contributed by atoms with E-state index in [-0.39, 0.29) is 4.70 Å². The van der Waals surface area contributed by atoms with Gasteiger partial charge in [-0.05, 0) is 6.07 Å². The van der Waals surface area contributed by atoms with E-state index >= 15 is 0 Å². The molecule has 0 aliphatic carbocycles. The number of hydrogen-bond donors (Lipinski definition) is 0. The third-order valence-corrected chi connectivity index (χ3v) is 0.947. The fraction of sp³-hybridized carbons (Fsp3) is 0.333. The Morgan fingerprint density at radius 1 is 1.44 bits per heavy atom. The van der Waals surface area contributed by atoms with Crippen LogP contribution in [-0.4, -0.2) is 14.1 Å². The van der Waals surface area contributed by atoms with Crippen LogP contribution >= 0.6 is 0 Å². The van der Waals surface area contributed by atoms with E-state index in [4.69, 9.17) is 4.42 Å². The first-order valence-electron chi connectivity index (χ1n) is 2.51. The first-order chi connectivity index (χ1) is 3.80. The van der Waals surface area contributed by atoms with E-state index in [1.165, 1.54) is 0 Å². The highest BCUT2D eigenvalue weighted by molar-refractivity contribution is 5.31. The number of halogens is 1. The van der Waals surface area contributed by atoms with Gasteiger partial charge in [0.25, 0.3) is 0 Å². The Balaban J connectivity index is 0.000000640. The van der Waals surface area contributed by atoms with Crippen molar-refractivity contribution in [2.24, 2.45) is 0 Å². The second kappa shape index (κ2) is 3.12. The lowest BCUT2D eigenvalue weighted by molar-refractivity contribution is 0.565. The van der Waals surface area contributed by atoms with Crippen LogP contribution in [0.2, 0.25) is 0 Å². The molecule has 1 aromatic rings. The average molecular weight is 131 g/mol. The van der Waals surface area contributed by atoms with E-state index in [0.717, 1.165) is 5.88 Å². The van der Waals surface area contributed by atoms with E-state index < -0.39 is 0 Å². The van der Waals surface area contributed by atoms with Gasteiger partial charge in [-0.1, -0.05) is 0 Å². The molecule has 1 heterocycles. The number of anilines is 1. The second-order valence-corrected chi connectivity index (χ2v) is 1.85. The van der Waals surface area contributed by atoms with Crippen molar-refractivity contribution in [2.75, 3.05) is 19.0 Å². The van der Waals surface area contributed by atoms with Gasteiger partial charge in [0.15, 0.2) is 5.88 Å². The summed E-state index contributed by atoms with van der Waals surface area (Å²) in [7, 11) is 3.89. The predicted octanol–water partition coefficient (Wildman–Crippen LogP) is 1.50. The Kier molecular flexibility index (Phi) is 2.78. The lowest BCUT2D eigenvalue weighted by atomic mass is 10.6. The summed E-state index contributed by atoms with van der Waals surface area (Å²) in [5, 5.41) is 0. The molecule has 0 spiro atoms. The lowest BCUT2D eigenvalue weighted by Crippen LogP contribution is -2.06. The zero-order valence-corrected chi connectivity index (χ0v) is 5.50. The van der Waals surface area contributed by atoms with Gasteiger partial charge >= 0.3 is 0 Å². The minimum absolute atomic E-state index is 0. The summed E-state index contributed by atoms with van der Waals surface area (Å²) in [4.78, 5) is 1.92. The fourth-order valence-electron chi connectivity index (χ4n) is 0.524. The van der Waals surface area contributed by atoms with E-state index in [0.29, 0.717) is 0 Å². The Labute approximate surface area is 53.4 Å². The van der Waals surface area contributed by atoms with Crippen molar-refractivity contribution in [3.63, 3.8) is 0 Å². The average Bonchev–Trinajstić information content (AvgIpc) is 2.12. The minimum Gasteiger partial charge on any atom is -0.449 e. The lowest BCUT2D eigenvalue weighted by Gasteiger charge is -2.04. The van der Waals surface area contributed by atoms with Gasteiger partial charge in [-0.2, -0.15) is 0 Å². The molecule has 2 nitrogen and oxygen atoms in total. The minimum atomic E-state index is 0. The maximum Gasteiger partial charge on any atom is 0.194 e. The molecule has 0 fully saturated rings. The molecular formula is C6H10FNO. The summed E-state index contributed by atoms with van der Waals surface area (Å²) in [5.74, 6) is 0.894. The topological polar surface area (TPSA) is 16.4 Å². The molecular weight excluding hydrogens is 121 g/mol. The summed E-state index contributed by atoms with van der Waals surface area (Å²) < 4.78 is 5.02. The largest absolute Gasteiger partial charge is 0.449 e. The highest BCUT2D eigenvalue weighted by atomic mass is 19.0. The van der Waals surface area contributed by atoms with Gasteiger partial charge in [0.1, 0.15) is 0 Å². The smallest absolute Gasteiger partial charge is 0.194 e. The van der Waals surface area contributed by atoms with Crippen molar-refractivity contribution in [1.82, 2.24) is 0 Å². The van der Waals surface area contributed by atoms with Crippen molar-refractivity contribution in [1.29, 1.82) is 0 Å². The first-order valence-corrected chi connectivity index (χ1v) is 2.51. The number of nitrogens with zero attached hydrogens (tertiary/aromatic N) is 1. The van der Waals surface area contributed by atoms with Gasteiger partial charge in [-0.25, -0.2) is 0 Å². The van der Waals surface area contributed by atoms with Gasteiger partial charge < -0.3 is 9.32 Å². The number of rotatable bonds is 1. The molecule has 0 N–H and O–H groups in total. The highest BCUT2D eigenvalue weighted by Gasteiger charge is 1.92. The monoisotopic (exact) mass is 131 g/mol. The molecule has 1 rings (SSSR count). The number of furan rings is 1. The molecule has 0 aliphatic rings. The van der Waals surface area contributed by atoms with E-state index in [1.54, 1.807) is 6.26 Å². The molecule has 0 bridgehead atoms. The van der Waals surface area contributed by atoms with Crippen LogP contribution in [0, 0.1) is 0 Å². The first kappa shape index (κ1) is 8.01. The zero-order chi connectivity index (χ0) is 5.98. The van der Waals surface area contributed by atoms with Crippen LogP contribution < -0.4 is 4.90 Å². The van der Waals surface area contributed by atoms with Crippen LogP contribution in [0.15, 0.2) is 22.8 Å². The Morgan fingerprint density at radius 3 is 2.33 bits per heavy atom. The van der Waals surface area contributed by atoms with Gasteiger partial charge in [0, 0.05) is 20.2 Å². The standard InChI is InChI=1S/C6H9NO.FH/c1-7(2)6-4-3-5-8-6;/h3-5H,1-2H3;1H. The molecule has 0 saturated heterocycles. The van der Waals surface area contributed by atoms with E-state index in [2.05, 4.69) is 0 Å². The molecule has 0 aliphatic heterocycles. The fourth-order valence-corrected chi connectivity index (χ4v) is 0.524.